The average molecular weight is 300 g/mol. The monoisotopic (exact) mass is 300 g/mol. The van der Waals surface area contributed by atoms with Gasteiger partial charge in [0.25, 0.3) is 5.69 Å². The second-order valence-corrected chi connectivity index (χ2v) is 4.77. The molecule has 1 aliphatic rings. The molecule has 116 valence electrons. The molecule has 0 atom stereocenters. The van der Waals surface area contributed by atoms with Gasteiger partial charge in [-0.25, -0.2) is 4.39 Å². The van der Waals surface area contributed by atoms with Gasteiger partial charge in [0.15, 0.2) is 17.4 Å². The number of ether oxygens (including phenoxy) is 3. The minimum absolute atomic E-state index is 0.0531. The Kier molecular flexibility index (Phi) is 4.59. The van der Waals surface area contributed by atoms with Crippen LogP contribution in [0.25, 0.3) is 0 Å². The first-order valence-electron chi connectivity index (χ1n) is 6.49. The molecule has 0 saturated carbocycles. The SMILES string of the molecule is COc1cc(NCCC2(C)OCCO2)c([N+](=O)[O-])cc1F. The van der Waals surface area contributed by atoms with Crippen molar-refractivity contribution in [1.29, 1.82) is 0 Å². The Morgan fingerprint density at radius 3 is 2.71 bits per heavy atom. The van der Waals surface area contributed by atoms with Gasteiger partial charge in [-0.3, -0.25) is 10.1 Å². The summed E-state index contributed by atoms with van der Waals surface area (Å²) in [5.74, 6) is -1.52. The van der Waals surface area contributed by atoms with Gasteiger partial charge < -0.3 is 19.5 Å². The molecule has 8 heteroatoms. The van der Waals surface area contributed by atoms with Gasteiger partial charge in [-0.15, -0.1) is 0 Å². The van der Waals surface area contributed by atoms with Crippen LogP contribution in [0.15, 0.2) is 12.1 Å². The summed E-state index contributed by atoms with van der Waals surface area (Å²) >= 11 is 0. The Morgan fingerprint density at radius 2 is 2.14 bits per heavy atom. The van der Waals surface area contributed by atoms with E-state index in [1.165, 1.54) is 13.2 Å². The number of rotatable bonds is 6. The molecule has 1 fully saturated rings. The van der Waals surface area contributed by atoms with Crippen LogP contribution in [0.1, 0.15) is 13.3 Å². The number of halogens is 1. The van der Waals surface area contributed by atoms with E-state index in [0.29, 0.717) is 26.2 Å². The normalized spacial score (nSPS) is 16.7. The lowest BCUT2D eigenvalue weighted by atomic mass is 10.2. The largest absolute Gasteiger partial charge is 0.494 e. The van der Waals surface area contributed by atoms with E-state index in [0.717, 1.165) is 6.07 Å². The lowest BCUT2D eigenvalue weighted by Crippen LogP contribution is -2.28. The maximum absolute atomic E-state index is 13.5. The van der Waals surface area contributed by atoms with Crippen molar-refractivity contribution in [2.75, 3.05) is 32.2 Å². The van der Waals surface area contributed by atoms with Crippen LogP contribution in [0.2, 0.25) is 0 Å². The zero-order valence-corrected chi connectivity index (χ0v) is 11.8. The van der Waals surface area contributed by atoms with Crippen LogP contribution < -0.4 is 10.1 Å². The summed E-state index contributed by atoms with van der Waals surface area (Å²) in [6.45, 7) is 3.25. The number of methoxy groups -OCH3 is 1. The zero-order chi connectivity index (χ0) is 15.5. The van der Waals surface area contributed by atoms with E-state index in [1.54, 1.807) is 6.92 Å². The summed E-state index contributed by atoms with van der Waals surface area (Å²) < 4.78 is 29.2. The minimum Gasteiger partial charge on any atom is -0.494 e. The molecule has 1 N–H and O–H groups in total. The molecule has 1 aromatic carbocycles. The lowest BCUT2D eigenvalue weighted by molar-refractivity contribution is -0.384. The summed E-state index contributed by atoms with van der Waals surface area (Å²) in [6, 6.07) is 2.11. The molecular weight excluding hydrogens is 283 g/mol. The number of nitrogens with one attached hydrogen (secondary N) is 1. The second kappa shape index (κ2) is 6.23. The molecule has 1 heterocycles. The molecule has 7 nitrogen and oxygen atoms in total. The van der Waals surface area contributed by atoms with Gasteiger partial charge in [0.2, 0.25) is 0 Å². The molecule has 0 bridgehead atoms. The van der Waals surface area contributed by atoms with E-state index in [-0.39, 0.29) is 17.1 Å². The first-order chi connectivity index (χ1) is 9.95. The number of hydrogen-bond donors (Lipinski definition) is 1. The van der Waals surface area contributed by atoms with Gasteiger partial charge in [0.1, 0.15) is 5.69 Å². The molecule has 0 amide bonds. The Bertz CT molecular complexity index is 532. The highest BCUT2D eigenvalue weighted by Crippen LogP contribution is 2.32. The molecule has 0 aliphatic carbocycles. The highest BCUT2D eigenvalue weighted by Gasteiger charge is 2.30. The van der Waals surface area contributed by atoms with Crippen LogP contribution >= 0.6 is 0 Å². The summed E-state index contributed by atoms with van der Waals surface area (Å²) in [5.41, 5.74) is -0.147. The lowest BCUT2D eigenvalue weighted by Gasteiger charge is -2.22. The van der Waals surface area contributed by atoms with Gasteiger partial charge in [-0.1, -0.05) is 0 Å². The smallest absolute Gasteiger partial charge is 0.295 e. The van der Waals surface area contributed by atoms with Crippen LogP contribution in [0.5, 0.6) is 5.75 Å². The standard InChI is InChI=1S/C13H17FN2O5/c1-13(20-5-6-21-13)3-4-15-10-8-12(19-2)9(14)7-11(10)16(17)18/h7-8,15H,3-6H2,1-2H3. The van der Waals surface area contributed by atoms with E-state index in [9.17, 15) is 14.5 Å². The van der Waals surface area contributed by atoms with Crippen molar-refractivity contribution in [1.82, 2.24) is 0 Å². The number of nitrogens with zero attached hydrogens (tertiary/aromatic N) is 1. The molecule has 1 saturated heterocycles. The molecule has 1 aliphatic heterocycles. The summed E-state index contributed by atoms with van der Waals surface area (Å²) in [4.78, 5) is 10.3. The van der Waals surface area contributed by atoms with E-state index >= 15 is 0 Å². The molecule has 0 spiro atoms. The molecule has 0 aromatic heterocycles. The quantitative estimate of drug-likeness (QED) is 0.641. The van der Waals surface area contributed by atoms with Crippen molar-refractivity contribution in [3.05, 3.63) is 28.1 Å². The van der Waals surface area contributed by atoms with Gasteiger partial charge >= 0.3 is 0 Å². The van der Waals surface area contributed by atoms with Crippen molar-refractivity contribution < 1.29 is 23.5 Å². The average Bonchev–Trinajstić information content (AvgIpc) is 2.86. The zero-order valence-electron chi connectivity index (χ0n) is 11.8. The van der Waals surface area contributed by atoms with E-state index in [4.69, 9.17) is 14.2 Å². The fourth-order valence-corrected chi connectivity index (χ4v) is 2.12. The van der Waals surface area contributed by atoms with Crippen molar-refractivity contribution in [2.45, 2.75) is 19.1 Å². The third kappa shape index (κ3) is 3.59. The highest BCUT2D eigenvalue weighted by molar-refractivity contribution is 5.64. The number of benzene rings is 1. The van der Waals surface area contributed by atoms with E-state index in [2.05, 4.69) is 5.32 Å². The summed E-state index contributed by atoms with van der Waals surface area (Å²) in [5, 5.41) is 13.9. The van der Waals surface area contributed by atoms with E-state index in [1.807, 2.05) is 0 Å². The Balaban J connectivity index is 2.09. The van der Waals surface area contributed by atoms with Crippen molar-refractivity contribution in [3.8, 4) is 5.75 Å². The molecular formula is C13H17FN2O5. The number of hydrogen-bond acceptors (Lipinski definition) is 6. The topological polar surface area (TPSA) is 82.9 Å². The molecule has 2 rings (SSSR count). The maximum Gasteiger partial charge on any atom is 0.295 e. The molecule has 0 unspecified atom stereocenters. The van der Waals surface area contributed by atoms with Gasteiger partial charge in [0.05, 0.1) is 31.3 Å². The van der Waals surface area contributed by atoms with Crippen LogP contribution in [0, 0.1) is 15.9 Å². The third-order valence-electron chi connectivity index (χ3n) is 3.26. The number of nitro groups is 1. The number of anilines is 1. The second-order valence-electron chi connectivity index (χ2n) is 4.77. The first kappa shape index (κ1) is 15.5. The minimum atomic E-state index is -0.774. The van der Waals surface area contributed by atoms with Crippen LogP contribution in [-0.4, -0.2) is 37.6 Å². The van der Waals surface area contributed by atoms with E-state index < -0.39 is 16.5 Å². The predicted molar refractivity (Wildman–Crippen MR) is 73.0 cm³/mol. The van der Waals surface area contributed by atoms with Crippen LogP contribution in [-0.2, 0) is 9.47 Å². The Hall–Kier alpha value is -1.93. The fourth-order valence-electron chi connectivity index (χ4n) is 2.12. The first-order valence-corrected chi connectivity index (χ1v) is 6.49. The van der Waals surface area contributed by atoms with Gasteiger partial charge in [0, 0.05) is 19.0 Å². The number of nitro benzene ring substituents is 1. The molecule has 0 radical (unpaired) electrons. The third-order valence-corrected chi connectivity index (χ3v) is 3.26. The predicted octanol–water partition coefficient (Wildman–Crippen LogP) is 2.31. The summed E-state index contributed by atoms with van der Waals surface area (Å²) in [7, 11) is 1.30. The van der Waals surface area contributed by atoms with Gasteiger partial charge in [-0.05, 0) is 6.92 Å². The maximum atomic E-state index is 13.5. The fraction of sp³-hybridized carbons (Fsp3) is 0.538. The highest BCUT2D eigenvalue weighted by atomic mass is 19.1. The van der Waals surface area contributed by atoms with Crippen molar-refractivity contribution in [2.24, 2.45) is 0 Å². The Labute approximate surface area is 121 Å². The summed E-state index contributed by atoms with van der Waals surface area (Å²) in [6.07, 6.45) is 0.504. The Morgan fingerprint density at radius 1 is 1.48 bits per heavy atom. The van der Waals surface area contributed by atoms with Crippen molar-refractivity contribution in [3.63, 3.8) is 0 Å². The molecule has 1 aromatic rings. The van der Waals surface area contributed by atoms with Crippen LogP contribution in [0.4, 0.5) is 15.8 Å². The molecule has 21 heavy (non-hydrogen) atoms. The van der Waals surface area contributed by atoms with Gasteiger partial charge in [-0.2, -0.15) is 0 Å². The van der Waals surface area contributed by atoms with Crippen molar-refractivity contribution >= 4 is 11.4 Å². The van der Waals surface area contributed by atoms with Crippen LogP contribution in [0.3, 0.4) is 0 Å².